The fourth-order valence-corrected chi connectivity index (χ4v) is 4.32. The van der Waals surface area contributed by atoms with E-state index in [0.717, 1.165) is 24.9 Å². The summed E-state index contributed by atoms with van der Waals surface area (Å²) < 4.78 is 0. The van der Waals surface area contributed by atoms with Crippen LogP contribution >= 0.6 is 0 Å². The maximum atomic E-state index is 12.5. The number of phenols is 1. The highest BCUT2D eigenvalue weighted by atomic mass is 16.3. The van der Waals surface area contributed by atoms with Gasteiger partial charge in [-0.25, -0.2) is 0 Å². The number of benzene rings is 2. The van der Waals surface area contributed by atoms with Crippen molar-refractivity contribution in [2.45, 2.75) is 19.3 Å². The maximum Gasteiger partial charge on any atom is 0.312 e. The van der Waals surface area contributed by atoms with Crippen molar-refractivity contribution in [3.63, 3.8) is 0 Å². The average Bonchev–Trinajstić information content (AvgIpc) is 3.16. The lowest BCUT2D eigenvalue weighted by Gasteiger charge is -2.35. The van der Waals surface area contributed by atoms with Gasteiger partial charge in [-0.05, 0) is 48.4 Å². The number of carbonyl (C=O) groups excluding carboxylic acids is 2. The molecule has 4 rings (SSSR count). The molecule has 0 bridgehead atoms. The molecule has 1 saturated heterocycles. The number of phenolic OH excluding ortho intramolecular Hbond substituents is 1. The SMILES string of the molecule is O=C(NCCC1Cc2ccccc2C1)C(=O)N1CCN(c2cccc(O)c2)CC1. The maximum absolute atomic E-state index is 12.5. The molecular weight excluding hydrogens is 366 g/mol. The molecule has 1 fully saturated rings. The Hall–Kier alpha value is -3.02. The Morgan fingerprint density at radius 2 is 1.66 bits per heavy atom. The van der Waals surface area contributed by atoms with Gasteiger partial charge in [0.1, 0.15) is 5.75 Å². The first-order valence-electron chi connectivity index (χ1n) is 10.3. The summed E-state index contributed by atoms with van der Waals surface area (Å²) in [6.07, 6.45) is 2.99. The van der Waals surface area contributed by atoms with E-state index in [-0.39, 0.29) is 5.75 Å². The van der Waals surface area contributed by atoms with Gasteiger partial charge in [-0.2, -0.15) is 0 Å². The van der Waals surface area contributed by atoms with Gasteiger partial charge >= 0.3 is 11.8 Å². The van der Waals surface area contributed by atoms with Gasteiger partial charge in [-0.1, -0.05) is 30.3 Å². The van der Waals surface area contributed by atoms with E-state index >= 15 is 0 Å². The smallest absolute Gasteiger partial charge is 0.312 e. The van der Waals surface area contributed by atoms with Gasteiger partial charge in [0.15, 0.2) is 0 Å². The van der Waals surface area contributed by atoms with Gasteiger partial charge in [0, 0.05) is 44.5 Å². The second-order valence-electron chi connectivity index (χ2n) is 7.89. The molecule has 0 unspecified atom stereocenters. The number of anilines is 1. The Morgan fingerprint density at radius 3 is 2.31 bits per heavy atom. The second kappa shape index (κ2) is 8.55. The molecule has 1 aliphatic carbocycles. The molecule has 0 spiro atoms. The number of nitrogens with one attached hydrogen (secondary N) is 1. The number of aromatic hydroxyl groups is 1. The van der Waals surface area contributed by atoms with Crippen LogP contribution in [-0.4, -0.2) is 54.5 Å². The van der Waals surface area contributed by atoms with E-state index in [2.05, 4.69) is 34.5 Å². The van der Waals surface area contributed by atoms with Crippen LogP contribution in [0.5, 0.6) is 5.75 Å². The van der Waals surface area contributed by atoms with Crippen molar-refractivity contribution in [2.24, 2.45) is 5.92 Å². The molecule has 0 saturated carbocycles. The number of piperazine rings is 1. The molecule has 29 heavy (non-hydrogen) atoms. The van der Waals surface area contributed by atoms with Crippen LogP contribution in [0.4, 0.5) is 5.69 Å². The molecular formula is C23H27N3O3. The summed E-state index contributed by atoms with van der Waals surface area (Å²) in [7, 11) is 0. The van der Waals surface area contributed by atoms with Crippen LogP contribution in [0.15, 0.2) is 48.5 Å². The van der Waals surface area contributed by atoms with Crippen LogP contribution < -0.4 is 10.2 Å². The van der Waals surface area contributed by atoms with Crippen molar-refractivity contribution in [1.82, 2.24) is 10.2 Å². The summed E-state index contributed by atoms with van der Waals surface area (Å²) in [6.45, 7) is 2.82. The third-order valence-corrected chi connectivity index (χ3v) is 5.93. The Kier molecular flexibility index (Phi) is 5.69. The number of hydrogen-bond donors (Lipinski definition) is 2. The lowest BCUT2D eigenvalue weighted by molar-refractivity contribution is -0.146. The summed E-state index contributed by atoms with van der Waals surface area (Å²) in [4.78, 5) is 28.5. The fourth-order valence-electron chi connectivity index (χ4n) is 4.32. The first-order chi connectivity index (χ1) is 14.1. The van der Waals surface area contributed by atoms with Crippen LogP contribution in [0, 0.1) is 5.92 Å². The normalized spacial score (nSPS) is 16.6. The van der Waals surface area contributed by atoms with Crippen molar-refractivity contribution in [3.8, 4) is 5.75 Å². The van der Waals surface area contributed by atoms with Gasteiger partial charge in [0.05, 0.1) is 0 Å². The molecule has 2 amide bonds. The minimum absolute atomic E-state index is 0.228. The fraction of sp³-hybridized carbons (Fsp3) is 0.391. The highest BCUT2D eigenvalue weighted by Gasteiger charge is 2.26. The van der Waals surface area contributed by atoms with Gasteiger partial charge in [0.2, 0.25) is 0 Å². The van der Waals surface area contributed by atoms with Crippen LogP contribution in [0.25, 0.3) is 0 Å². The second-order valence-corrected chi connectivity index (χ2v) is 7.89. The minimum Gasteiger partial charge on any atom is -0.508 e. The van der Waals surface area contributed by atoms with E-state index in [1.54, 1.807) is 23.1 Å². The third-order valence-electron chi connectivity index (χ3n) is 5.93. The van der Waals surface area contributed by atoms with Crippen LogP contribution in [0.2, 0.25) is 0 Å². The van der Waals surface area contributed by atoms with E-state index in [1.807, 2.05) is 6.07 Å². The molecule has 2 aromatic carbocycles. The number of carbonyl (C=O) groups is 2. The standard InChI is InChI=1S/C23H27N3O3/c27-21-7-3-6-20(16-21)25-10-12-26(13-11-25)23(29)22(28)24-9-8-17-14-18-4-1-2-5-19(18)15-17/h1-7,16-17,27H,8-15H2,(H,24,28). The predicted octanol–water partition coefficient (Wildman–Crippen LogP) is 1.96. The minimum atomic E-state index is -0.508. The Balaban J connectivity index is 1.20. The quantitative estimate of drug-likeness (QED) is 0.779. The number of amides is 2. The molecule has 0 radical (unpaired) electrons. The number of hydrogen-bond acceptors (Lipinski definition) is 4. The highest BCUT2D eigenvalue weighted by Crippen LogP contribution is 2.28. The molecule has 2 aromatic rings. The Bertz CT molecular complexity index is 865. The van der Waals surface area contributed by atoms with Gasteiger partial charge < -0.3 is 20.2 Å². The molecule has 6 heteroatoms. The molecule has 1 aliphatic heterocycles. The lowest BCUT2D eigenvalue weighted by atomic mass is 10.0. The molecule has 1 heterocycles. The lowest BCUT2D eigenvalue weighted by Crippen LogP contribution is -2.52. The number of fused-ring (bicyclic) bond motifs is 1. The number of nitrogens with zero attached hydrogens (tertiary/aromatic N) is 2. The monoisotopic (exact) mass is 393 g/mol. The molecule has 152 valence electrons. The first-order valence-corrected chi connectivity index (χ1v) is 10.3. The van der Waals surface area contributed by atoms with Crippen LogP contribution in [0.1, 0.15) is 17.5 Å². The van der Waals surface area contributed by atoms with Crippen molar-refractivity contribution in [3.05, 3.63) is 59.7 Å². The Morgan fingerprint density at radius 1 is 0.966 bits per heavy atom. The van der Waals surface area contributed by atoms with Crippen molar-refractivity contribution >= 4 is 17.5 Å². The summed E-state index contributed by atoms with van der Waals surface area (Å²) in [5.74, 6) is -0.194. The summed E-state index contributed by atoms with van der Waals surface area (Å²) in [6, 6.07) is 15.6. The molecule has 0 atom stereocenters. The highest BCUT2D eigenvalue weighted by molar-refractivity contribution is 6.35. The van der Waals surface area contributed by atoms with E-state index in [1.165, 1.54) is 11.1 Å². The van der Waals surface area contributed by atoms with E-state index in [4.69, 9.17) is 0 Å². The van der Waals surface area contributed by atoms with Crippen LogP contribution in [-0.2, 0) is 22.4 Å². The third kappa shape index (κ3) is 4.53. The zero-order chi connectivity index (χ0) is 20.2. The van der Waals surface area contributed by atoms with Gasteiger partial charge in [-0.15, -0.1) is 0 Å². The summed E-state index contributed by atoms with van der Waals surface area (Å²) in [5, 5.41) is 12.4. The van der Waals surface area contributed by atoms with Crippen LogP contribution in [0.3, 0.4) is 0 Å². The Labute approximate surface area is 171 Å². The molecule has 2 aliphatic rings. The van der Waals surface area contributed by atoms with Gasteiger partial charge in [0.25, 0.3) is 0 Å². The van der Waals surface area contributed by atoms with Crippen molar-refractivity contribution in [2.75, 3.05) is 37.6 Å². The van der Waals surface area contributed by atoms with E-state index in [9.17, 15) is 14.7 Å². The average molecular weight is 393 g/mol. The molecule has 2 N–H and O–H groups in total. The molecule has 6 nitrogen and oxygen atoms in total. The van der Waals surface area contributed by atoms with Gasteiger partial charge in [-0.3, -0.25) is 9.59 Å². The topological polar surface area (TPSA) is 72.9 Å². The van der Waals surface area contributed by atoms with Crippen molar-refractivity contribution in [1.29, 1.82) is 0 Å². The van der Waals surface area contributed by atoms with E-state index < -0.39 is 11.8 Å². The number of rotatable bonds is 4. The van der Waals surface area contributed by atoms with E-state index in [0.29, 0.717) is 38.6 Å². The zero-order valence-electron chi connectivity index (χ0n) is 16.5. The predicted molar refractivity (Wildman–Crippen MR) is 112 cm³/mol. The summed E-state index contributed by atoms with van der Waals surface area (Å²) in [5.41, 5.74) is 3.74. The van der Waals surface area contributed by atoms with Crippen molar-refractivity contribution < 1.29 is 14.7 Å². The first kappa shape index (κ1) is 19.3. The largest absolute Gasteiger partial charge is 0.508 e. The molecule has 0 aromatic heterocycles. The summed E-state index contributed by atoms with van der Waals surface area (Å²) >= 11 is 0. The zero-order valence-corrected chi connectivity index (χ0v) is 16.5.